The van der Waals surface area contributed by atoms with Gasteiger partial charge < -0.3 is 15.4 Å². The summed E-state index contributed by atoms with van der Waals surface area (Å²) in [6.45, 7) is 6.48. The van der Waals surface area contributed by atoms with E-state index in [1.807, 2.05) is 0 Å². The minimum absolute atomic E-state index is 0. The van der Waals surface area contributed by atoms with Crippen molar-refractivity contribution >= 4 is 29.8 Å². The van der Waals surface area contributed by atoms with Crippen LogP contribution in [0.3, 0.4) is 0 Å². The van der Waals surface area contributed by atoms with Crippen molar-refractivity contribution in [3.05, 3.63) is 21.9 Å². The predicted molar refractivity (Wildman–Crippen MR) is 73.0 cm³/mol. The SMILES string of the molecule is CCOC(=O)NCCNCc1ccc(C)s1.Cl. The molecule has 0 aliphatic carbocycles. The Hall–Kier alpha value is -0.780. The number of halogens is 1. The lowest BCUT2D eigenvalue weighted by atomic mass is 10.4. The monoisotopic (exact) mass is 278 g/mol. The zero-order chi connectivity index (χ0) is 11.8. The molecule has 0 unspecified atom stereocenters. The number of hydrogen-bond donors (Lipinski definition) is 2. The lowest BCUT2D eigenvalue weighted by Gasteiger charge is -2.05. The van der Waals surface area contributed by atoms with Gasteiger partial charge in [0.05, 0.1) is 6.61 Å². The summed E-state index contributed by atoms with van der Waals surface area (Å²) in [7, 11) is 0. The highest BCUT2D eigenvalue weighted by atomic mass is 35.5. The van der Waals surface area contributed by atoms with Crippen LogP contribution in [0, 0.1) is 6.92 Å². The van der Waals surface area contributed by atoms with Crippen molar-refractivity contribution in [2.75, 3.05) is 19.7 Å². The second kappa shape index (κ2) is 9.27. The van der Waals surface area contributed by atoms with Gasteiger partial charge in [-0.2, -0.15) is 0 Å². The van der Waals surface area contributed by atoms with Gasteiger partial charge in [-0.1, -0.05) is 0 Å². The first-order valence-corrected chi connectivity index (χ1v) is 6.20. The van der Waals surface area contributed by atoms with Crippen molar-refractivity contribution in [1.29, 1.82) is 0 Å². The molecule has 6 heteroatoms. The standard InChI is InChI=1S/C11H18N2O2S.ClH/c1-3-15-11(14)13-7-6-12-8-10-5-4-9(2)16-10;/h4-5,12H,3,6-8H2,1-2H3,(H,13,14);1H. The van der Waals surface area contributed by atoms with Gasteiger partial charge in [0.2, 0.25) is 0 Å². The molecule has 98 valence electrons. The Bertz CT molecular complexity index is 331. The van der Waals surface area contributed by atoms with E-state index in [2.05, 4.69) is 29.7 Å². The van der Waals surface area contributed by atoms with Gasteiger partial charge in [0.25, 0.3) is 0 Å². The molecule has 0 bridgehead atoms. The first-order valence-electron chi connectivity index (χ1n) is 5.39. The van der Waals surface area contributed by atoms with Gasteiger partial charge in [0.15, 0.2) is 0 Å². The molecular formula is C11H19ClN2O2S. The third-order valence-electron chi connectivity index (χ3n) is 1.94. The van der Waals surface area contributed by atoms with Crippen LogP contribution < -0.4 is 10.6 Å². The second-order valence-corrected chi connectivity index (χ2v) is 4.71. The zero-order valence-corrected chi connectivity index (χ0v) is 11.7. The van der Waals surface area contributed by atoms with Gasteiger partial charge in [-0.25, -0.2) is 4.79 Å². The normalized spacial score (nSPS) is 9.53. The minimum Gasteiger partial charge on any atom is -0.450 e. The number of nitrogens with one attached hydrogen (secondary N) is 2. The van der Waals surface area contributed by atoms with Crippen molar-refractivity contribution in [3.8, 4) is 0 Å². The number of ether oxygens (including phenoxy) is 1. The Morgan fingerprint density at radius 1 is 1.41 bits per heavy atom. The third kappa shape index (κ3) is 7.20. The maximum atomic E-state index is 10.9. The average Bonchev–Trinajstić information content (AvgIpc) is 2.64. The molecule has 0 radical (unpaired) electrons. The number of amides is 1. The predicted octanol–water partition coefficient (Wildman–Crippen LogP) is 2.31. The van der Waals surface area contributed by atoms with E-state index in [0.717, 1.165) is 13.1 Å². The van der Waals surface area contributed by atoms with Crippen molar-refractivity contribution < 1.29 is 9.53 Å². The van der Waals surface area contributed by atoms with Crippen LogP contribution in [0.15, 0.2) is 12.1 Å². The van der Waals surface area contributed by atoms with Crippen LogP contribution in [0.25, 0.3) is 0 Å². The molecule has 0 saturated heterocycles. The number of carbonyl (C=O) groups is 1. The summed E-state index contributed by atoms with van der Waals surface area (Å²) in [6, 6.07) is 4.23. The van der Waals surface area contributed by atoms with E-state index >= 15 is 0 Å². The topological polar surface area (TPSA) is 50.4 Å². The van der Waals surface area contributed by atoms with Crippen LogP contribution >= 0.6 is 23.7 Å². The average molecular weight is 279 g/mol. The van der Waals surface area contributed by atoms with E-state index in [1.165, 1.54) is 9.75 Å². The number of hydrogen-bond acceptors (Lipinski definition) is 4. The van der Waals surface area contributed by atoms with E-state index in [9.17, 15) is 4.79 Å². The molecule has 0 fully saturated rings. The fraction of sp³-hybridized carbons (Fsp3) is 0.545. The quantitative estimate of drug-likeness (QED) is 0.785. The van der Waals surface area contributed by atoms with Gasteiger partial charge in [0, 0.05) is 29.4 Å². The molecule has 0 aliphatic heterocycles. The summed E-state index contributed by atoms with van der Waals surface area (Å²) in [4.78, 5) is 13.6. The summed E-state index contributed by atoms with van der Waals surface area (Å²) in [5.74, 6) is 0. The largest absolute Gasteiger partial charge is 0.450 e. The Kier molecular flexibility index (Phi) is 8.85. The zero-order valence-electron chi connectivity index (χ0n) is 10.1. The maximum absolute atomic E-state index is 10.9. The smallest absolute Gasteiger partial charge is 0.407 e. The molecule has 0 aliphatic rings. The highest BCUT2D eigenvalue weighted by Crippen LogP contribution is 2.14. The van der Waals surface area contributed by atoms with Gasteiger partial charge >= 0.3 is 6.09 Å². The Morgan fingerprint density at radius 2 is 2.18 bits per heavy atom. The molecule has 4 nitrogen and oxygen atoms in total. The molecule has 2 N–H and O–H groups in total. The molecule has 1 aromatic rings. The lowest BCUT2D eigenvalue weighted by Crippen LogP contribution is -2.31. The van der Waals surface area contributed by atoms with E-state index in [-0.39, 0.29) is 18.5 Å². The lowest BCUT2D eigenvalue weighted by molar-refractivity contribution is 0.152. The number of thiophene rings is 1. The Balaban J connectivity index is 0.00000256. The first kappa shape index (κ1) is 16.2. The van der Waals surface area contributed by atoms with Crippen molar-refractivity contribution in [2.24, 2.45) is 0 Å². The van der Waals surface area contributed by atoms with Gasteiger partial charge in [-0.05, 0) is 26.0 Å². The Labute approximate surface area is 112 Å². The van der Waals surface area contributed by atoms with Crippen LogP contribution in [0.4, 0.5) is 4.79 Å². The summed E-state index contributed by atoms with van der Waals surface area (Å²) in [5, 5.41) is 5.91. The molecule has 0 aromatic carbocycles. The number of aryl methyl sites for hydroxylation is 1. The van der Waals surface area contributed by atoms with Crippen molar-refractivity contribution in [3.63, 3.8) is 0 Å². The van der Waals surface area contributed by atoms with Crippen LogP contribution in [-0.2, 0) is 11.3 Å². The molecule has 1 heterocycles. The molecule has 0 saturated carbocycles. The van der Waals surface area contributed by atoms with Gasteiger partial charge in [0.1, 0.15) is 0 Å². The van der Waals surface area contributed by atoms with E-state index in [0.29, 0.717) is 13.2 Å². The van der Waals surface area contributed by atoms with Crippen LogP contribution in [0.2, 0.25) is 0 Å². The van der Waals surface area contributed by atoms with E-state index in [4.69, 9.17) is 4.74 Å². The number of rotatable bonds is 6. The molecule has 0 spiro atoms. The van der Waals surface area contributed by atoms with Crippen LogP contribution in [-0.4, -0.2) is 25.8 Å². The molecule has 17 heavy (non-hydrogen) atoms. The van der Waals surface area contributed by atoms with Gasteiger partial charge in [-0.3, -0.25) is 0 Å². The van der Waals surface area contributed by atoms with E-state index in [1.54, 1.807) is 18.3 Å². The third-order valence-corrected chi connectivity index (χ3v) is 2.94. The van der Waals surface area contributed by atoms with Crippen molar-refractivity contribution in [2.45, 2.75) is 20.4 Å². The van der Waals surface area contributed by atoms with E-state index < -0.39 is 0 Å². The summed E-state index contributed by atoms with van der Waals surface area (Å²) in [6.07, 6.45) is -0.351. The van der Waals surface area contributed by atoms with Gasteiger partial charge in [-0.15, -0.1) is 23.7 Å². The molecular weight excluding hydrogens is 260 g/mol. The minimum atomic E-state index is -0.351. The molecule has 1 rings (SSSR count). The second-order valence-electron chi connectivity index (χ2n) is 3.34. The van der Waals surface area contributed by atoms with Crippen LogP contribution in [0.5, 0.6) is 0 Å². The fourth-order valence-corrected chi connectivity index (χ4v) is 2.09. The first-order chi connectivity index (χ1) is 7.72. The highest BCUT2D eigenvalue weighted by Gasteiger charge is 1.98. The summed E-state index contributed by atoms with van der Waals surface area (Å²) >= 11 is 1.79. The fourth-order valence-electron chi connectivity index (χ4n) is 1.23. The van der Waals surface area contributed by atoms with Crippen LogP contribution in [0.1, 0.15) is 16.7 Å². The number of carbonyl (C=O) groups excluding carboxylic acids is 1. The molecule has 1 aromatic heterocycles. The number of alkyl carbamates (subject to hydrolysis) is 1. The molecule has 0 atom stereocenters. The summed E-state index contributed by atoms with van der Waals surface area (Å²) in [5.41, 5.74) is 0. The van der Waals surface area contributed by atoms with Crippen molar-refractivity contribution in [1.82, 2.24) is 10.6 Å². The Morgan fingerprint density at radius 3 is 2.76 bits per heavy atom. The summed E-state index contributed by atoms with van der Waals surface area (Å²) < 4.78 is 4.73. The maximum Gasteiger partial charge on any atom is 0.407 e. The molecule has 1 amide bonds. The highest BCUT2D eigenvalue weighted by molar-refractivity contribution is 7.11.